The minimum Gasteiger partial charge on any atom is -0.354 e. The molecule has 0 fully saturated rings. The Morgan fingerprint density at radius 1 is 1.17 bits per heavy atom. The molecule has 130 valence electrons. The molecule has 0 unspecified atom stereocenters. The molecule has 1 aromatic carbocycles. The Bertz CT molecular complexity index is 434. The Balaban J connectivity index is 2.44. The SMILES string of the molecule is CCCC[C@H](NC[C@@H](N)Cc1ccccc1)C(=O)NCC(C)C. The molecule has 4 heteroatoms. The molecule has 0 bridgehead atoms. The van der Waals surface area contributed by atoms with Crippen molar-refractivity contribution in [2.24, 2.45) is 11.7 Å². The van der Waals surface area contributed by atoms with Crippen LogP contribution < -0.4 is 16.4 Å². The van der Waals surface area contributed by atoms with Crippen molar-refractivity contribution in [3.8, 4) is 0 Å². The summed E-state index contributed by atoms with van der Waals surface area (Å²) in [6, 6.07) is 10.1. The molecule has 1 amide bonds. The third-order valence-corrected chi connectivity index (χ3v) is 3.81. The summed E-state index contributed by atoms with van der Waals surface area (Å²) in [5.41, 5.74) is 7.44. The molecule has 4 N–H and O–H groups in total. The molecule has 0 heterocycles. The van der Waals surface area contributed by atoms with Gasteiger partial charge in [-0.2, -0.15) is 0 Å². The highest BCUT2D eigenvalue weighted by atomic mass is 16.2. The van der Waals surface area contributed by atoms with Gasteiger partial charge < -0.3 is 16.4 Å². The standard InChI is InChI=1S/C19H33N3O/c1-4-5-11-18(19(23)22-13-15(2)3)21-14-17(20)12-16-9-7-6-8-10-16/h6-10,15,17-18,21H,4-5,11-14,20H2,1-3H3,(H,22,23)/t17-,18-/m0/s1. The van der Waals surface area contributed by atoms with Crippen LogP contribution in [0.1, 0.15) is 45.6 Å². The molecule has 23 heavy (non-hydrogen) atoms. The Hall–Kier alpha value is -1.39. The molecule has 0 aliphatic rings. The first-order chi connectivity index (χ1) is 11.0. The predicted molar refractivity (Wildman–Crippen MR) is 97.3 cm³/mol. The molecular weight excluding hydrogens is 286 g/mol. The molecule has 0 aliphatic heterocycles. The third-order valence-electron chi connectivity index (χ3n) is 3.81. The Morgan fingerprint density at radius 3 is 2.48 bits per heavy atom. The van der Waals surface area contributed by atoms with E-state index in [1.165, 1.54) is 5.56 Å². The van der Waals surface area contributed by atoms with Gasteiger partial charge in [0.15, 0.2) is 0 Å². The Morgan fingerprint density at radius 2 is 1.87 bits per heavy atom. The van der Waals surface area contributed by atoms with Crippen LogP contribution in [0.2, 0.25) is 0 Å². The molecule has 1 aromatic rings. The number of nitrogens with two attached hydrogens (primary N) is 1. The van der Waals surface area contributed by atoms with Crippen LogP contribution in [-0.4, -0.2) is 31.1 Å². The van der Waals surface area contributed by atoms with Crippen molar-refractivity contribution in [3.63, 3.8) is 0 Å². The number of nitrogens with one attached hydrogen (secondary N) is 2. The summed E-state index contributed by atoms with van der Waals surface area (Å²) < 4.78 is 0. The van der Waals surface area contributed by atoms with Gasteiger partial charge >= 0.3 is 0 Å². The predicted octanol–water partition coefficient (Wildman–Crippen LogP) is 2.48. The fourth-order valence-corrected chi connectivity index (χ4v) is 2.44. The molecule has 0 radical (unpaired) electrons. The lowest BCUT2D eigenvalue weighted by Gasteiger charge is -2.21. The number of benzene rings is 1. The maximum atomic E-state index is 12.3. The minimum absolute atomic E-state index is 0.0134. The molecular formula is C19H33N3O. The fraction of sp³-hybridized carbons (Fsp3) is 0.632. The zero-order valence-electron chi connectivity index (χ0n) is 14.8. The molecule has 0 aromatic heterocycles. The average molecular weight is 319 g/mol. The summed E-state index contributed by atoms with van der Waals surface area (Å²) in [6.07, 6.45) is 3.81. The van der Waals surface area contributed by atoms with Crippen LogP contribution in [0.15, 0.2) is 30.3 Å². The summed E-state index contributed by atoms with van der Waals surface area (Å²) in [5, 5.41) is 6.38. The maximum Gasteiger partial charge on any atom is 0.237 e. The van der Waals surface area contributed by atoms with E-state index in [2.05, 4.69) is 43.5 Å². The number of hydrogen-bond acceptors (Lipinski definition) is 3. The van der Waals surface area contributed by atoms with Gasteiger partial charge in [-0.1, -0.05) is 63.9 Å². The Kier molecular flexibility index (Phi) is 9.57. The summed E-state index contributed by atoms with van der Waals surface area (Å²) in [6.45, 7) is 7.72. The van der Waals surface area contributed by atoms with E-state index in [1.807, 2.05) is 18.2 Å². The van der Waals surface area contributed by atoms with E-state index in [0.29, 0.717) is 12.5 Å². The maximum absolute atomic E-state index is 12.3. The molecule has 2 atom stereocenters. The first-order valence-corrected chi connectivity index (χ1v) is 8.83. The normalized spacial score (nSPS) is 13.8. The molecule has 0 saturated heterocycles. The monoisotopic (exact) mass is 319 g/mol. The van der Waals surface area contributed by atoms with Gasteiger partial charge in [-0.25, -0.2) is 0 Å². The van der Waals surface area contributed by atoms with Crippen molar-refractivity contribution in [2.75, 3.05) is 13.1 Å². The van der Waals surface area contributed by atoms with Crippen LogP contribution in [-0.2, 0) is 11.2 Å². The van der Waals surface area contributed by atoms with Crippen LogP contribution in [0.5, 0.6) is 0 Å². The highest BCUT2D eigenvalue weighted by Crippen LogP contribution is 2.04. The smallest absolute Gasteiger partial charge is 0.237 e. The van der Waals surface area contributed by atoms with Gasteiger partial charge in [-0.05, 0) is 24.3 Å². The van der Waals surface area contributed by atoms with Gasteiger partial charge in [-0.15, -0.1) is 0 Å². The van der Waals surface area contributed by atoms with Gasteiger partial charge in [0.05, 0.1) is 6.04 Å². The lowest BCUT2D eigenvalue weighted by Crippen LogP contribution is -2.49. The highest BCUT2D eigenvalue weighted by molar-refractivity contribution is 5.81. The second kappa shape index (κ2) is 11.2. The van der Waals surface area contributed by atoms with Crippen molar-refractivity contribution in [1.29, 1.82) is 0 Å². The number of unbranched alkanes of at least 4 members (excludes halogenated alkanes) is 1. The number of carbonyl (C=O) groups excluding carboxylic acids is 1. The van der Waals surface area contributed by atoms with Crippen molar-refractivity contribution in [3.05, 3.63) is 35.9 Å². The van der Waals surface area contributed by atoms with Gasteiger partial charge in [0.2, 0.25) is 5.91 Å². The van der Waals surface area contributed by atoms with E-state index in [4.69, 9.17) is 5.73 Å². The van der Waals surface area contributed by atoms with E-state index >= 15 is 0 Å². The second-order valence-electron chi connectivity index (χ2n) is 6.69. The number of hydrogen-bond donors (Lipinski definition) is 3. The van der Waals surface area contributed by atoms with Crippen molar-refractivity contribution < 1.29 is 4.79 Å². The van der Waals surface area contributed by atoms with E-state index in [1.54, 1.807) is 0 Å². The molecule has 0 saturated carbocycles. The van der Waals surface area contributed by atoms with Gasteiger partial charge in [-0.3, -0.25) is 4.79 Å². The van der Waals surface area contributed by atoms with Crippen LogP contribution >= 0.6 is 0 Å². The van der Waals surface area contributed by atoms with Crippen LogP contribution in [0.4, 0.5) is 0 Å². The summed E-state index contributed by atoms with van der Waals surface area (Å²) in [7, 11) is 0. The number of amides is 1. The topological polar surface area (TPSA) is 67.1 Å². The first-order valence-electron chi connectivity index (χ1n) is 8.83. The van der Waals surface area contributed by atoms with Gasteiger partial charge in [0.25, 0.3) is 0 Å². The lowest BCUT2D eigenvalue weighted by molar-refractivity contribution is -0.123. The van der Waals surface area contributed by atoms with E-state index in [0.717, 1.165) is 32.2 Å². The Labute approximate surface area is 141 Å². The lowest BCUT2D eigenvalue weighted by atomic mass is 10.0. The summed E-state index contributed by atoms with van der Waals surface area (Å²) in [4.78, 5) is 12.3. The van der Waals surface area contributed by atoms with Gasteiger partial charge in [0, 0.05) is 19.1 Å². The van der Waals surface area contributed by atoms with E-state index < -0.39 is 0 Å². The minimum atomic E-state index is -0.143. The van der Waals surface area contributed by atoms with Gasteiger partial charge in [0.1, 0.15) is 0 Å². The van der Waals surface area contributed by atoms with Crippen molar-refractivity contribution >= 4 is 5.91 Å². The molecule has 0 aliphatic carbocycles. The zero-order valence-corrected chi connectivity index (χ0v) is 14.8. The average Bonchev–Trinajstić information content (AvgIpc) is 2.53. The molecule has 1 rings (SSSR count). The first kappa shape index (κ1) is 19.7. The number of rotatable bonds is 11. The van der Waals surface area contributed by atoms with E-state index in [9.17, 15) is 4.79 Å². The molecule has 4 nitrogen and oxygen atoms in total. The number of carbonyl (C=O) groups is 1. The third kappa shape index (κ3) is 8.72. The van der Waals surface area contributed by atoms with Crippen molar-refractivity contribution in [2.45, 2.75) is 58.5 Å². The summed E-state index contributed by atoms with van der Waals surface area (Å²) >= 11 is 0. The van der Waals surface area contributed by atoms with Crippen LogP contribution in [0.3, 0.4) is 0 Å². The van der Waals surface area contributed by atoms with Crippen LogP contribution in [0, 0.1) is 5.92 Å². The molecule has 0 spiro atoms. The van der Waals surface area contributed by atoms with Crippen LogP contribution in [0.25, 0.3) is 0 Å². The fourth-order valence-electron chi connectivity index (χ4n) is 2.44. The van der Waals surface area contributed by atoms with Crippen molar-refractivity contribution in [1.82, 2.24) is 10.6 Å². The highest BCUT2D eigenvalue weighted by Gasteiger charge is 2.18. The second-order valence-corrected chi connectivity index (χ2v) is 6.69. The zero-order chi connectivity index (χ0) is 17.1. The quantitative estimate of drug-likeness (QED) is 0.587. The van der Waals surface area contributed by atoms with E-state index in [-0.39, 0.29) is 18.0 Å². The summed E-state index contributed by atoms with van der Waals surface area (Å²) in [5.74, 6) is 0.560. The largest absolute Gasteiger partial charge is 0.354 e.